The van der Waals surface area contributed by atoms with Gasteiger partial charge < -0.3 is 19.1 Å². The van der Waals surface area contributed by atoms with Gasteiger partial charge >= 0.3 is 5.97 Å². The molecule has 158 valence electrons. The van der Waals surface area contributed by atoms with Crippen LogP contribution in [-0.2, 0) is 16.7 Å². The van der Waals surface area contributed by atoms with Crippen molar-refractivity contribution in [2.75, 3.05) is 20.7 Å². The third-order valence-corrected chi connectivity index (χ3v) is 7.33. The van der Waals surface area contributed by atoms with Crippen molar-refractivity contribution >= 4 is 5.97 Å². The van der Waals surface area contributed by atoms with Gasteiger partial charge in [0.1, 0.15) is 12.2 Å². The van der Waals surface area contributed by atoms with Gasteiger partial charge in [0.05, 0.1) is 12.7 Å². The Labute approximate surface area is 177 Å². The van der Waals surface area contributed by atoms with Crippen molar-refractivity contribution < 1.29 is 19.0 Å². The number of carbonyl (C=O) groups is 1. The zero-order chi connectivity index (χ0) is 20.9. The molecule has 3 aliphatic rings. The van der Waals surface area contributed by atoms with E-state index in [1.54, 1.807) is 19.2 Å². The van der Waals surface area contributed by atoms with E-state index in [0.29, 0.717) is 17.9 Å². The minimum absolute atomic E-state index is 0.00799. The molecule has 2 unspecified atom stereocenters. The Morgan fingerprint density at radius 3 is 2.73 bits per heavy atom. The topological polar surface area (TPSA) is 48.0 Å². The molecule has 2 heterocycles. The first-order chi connectivity index (χ1) is 14.5. The number of nitrogens with zero attached hydrogens (tertiary/aromatic N) is 1. The number of carbonyl (C=O) groups excluding carboxylic acids is 1. The first kappa shape index (κ1) is 19.4. The highest BCUT2D eigenvalue weighted by Crippen LogP contribution is 2.59. The lowest BCUT2D eigenvalue weighted by Gasteiger charge is -2.46. The largest absolute Gasteiger partial charge is 0.493 e. The fourth-order valence-corrected chi connectivity index (χ4v) is 5.86. The van der Waals surface area contributed by atoms with Crippen LogP contribution in [0.25, 0.3) is 0 Å². The van der Waals surface area contributed by atoms with Gasteiger partial charge in [0, 0.05) is 23.9 Å². The summed E-state index contributed by atoms with van der Waals surface area (Å²) in [6.45, 7) is 4.24. The minimum atomic E-state index is -0.252. The van der Waals surface area contributed by atoms with Crippen LogP contribution >= 0.6 is 0 Å². The molecule has 1 fully saturated rings. The van der Waals surface area contributed by atoms with Crippen LogP contribution in [0.4, 0.5) is 0 Å². The molecule has 0 bridgehead atoms. The molecule has 0 N–H and O–H groups in total. The van der Waals surface area contributed by atoms with Crippen LogP contribution in [0, 0.1) is 5.92 Å². The Morgan fingerprint density at radius 2 is 1.97 bits per heavy atom. The monoisotopic (exact) mass is 407 g/mol. The normalized spacial score (nSPS) is 29.9. The van der Waals surface area contributed by atoms with E-state index in [-0.39, 0.29) is 23.6 Å². The second kappa shape index (κ2) is 7.31. The number of esters is 1. The summed E-state index contributed by atoms with van der Waals surface area (Å²) in [4.78, 5) is 15.0. The van der Waals surface area contributed by atoms with Crippen molar-refractivity contribution in [2.24, 2.45) is 5.92 Å². The van der Waals surface area contributed by atoms with E-state index >= 15 is 0 Å². The summed E-state index contributed by atoms with van der Waals surface area (Å²) in [6, 6.07) is 13.5. The number of hydrogen-bond donors (Lipinski definition) is 0. The van der Waals surface area contributed by atoms with Crippen molar-refractivity contribution in [2.45, 2.75) is 50.4 Å². The molecule has 1 aliphatic carbocycles. The lowest BCUT2D eigenvalue weighted by Crippen LogP contribution is -2.52. The molecule has 0 radical (unpaired) electrons. The number of benzene rings is 2. The zero-order valence-electron chi connectivity index (χ0n) is 17.9. The second-order valence-corrected chi connectivity index (χ2v) is 9.03. The highest BCUT2D eigenvalue weighted by Gasteiger charge is 2.58. The standard InChI is InChI=1S/C25H29NO4/c1-16-13-19(29-24(27)17-7-5-4-6-8-17)14-21-25(16)11-12-26(2)15-18-9-10-20(28-3)23(30-21)22(18)25/h4-10,16,19,21H,11-15H2,1-3H3/t16?,19-,21?,25+/m0/s1. The van der Waals surface area contributed by atoms with Gasteiger partial charge in [-0.15, -0.1) is 0 Å². The molecule has 5 rings (SSSR count). The first-order valence-electron chi connectivity index (χ1n) is 10.8. The molecule has 5 heteroatoms. The molecule has 30 heavy (non-hydrogen) atoms. The van der Waals surface area contributed by atoms with Crippen LogP contribution in [0.2, 0.25) is 0 Å². The van der Waals surface area contributed by atoms with Gasteiger partial charge in [0.25, 0.3) is 0 Å². The van der Waals surface area contributed by atoms with Crippen molar-refractivity contribution in [3.8, 4) is 11.5 Å². The molecule has 1 spiro atoms. The van der Waals surface area contributed by atoms with Crippen molar-refractivity contribution in [1.82, 2.24) is 4.90 Å². The molecular formula is C25H29NO4. The molecule has 1 saturated carbocycles. The molecule has 2 aliphatic heterocycles. The summed E-state index contributed by atoms with van der Waals surface area (Å²) in [5.41, 5.74) is 3.21. The molecule has 0 amide bonds. The van der Waals surface area contributed by atoms with E-state index < -0.39 is 0 Å². The highest BCUT2D eigenvalue weighted by atomic mass is 16.6. The van der Waals surface area contributed by atoms with E-state index in [1.807, 2.05) is 24.3 Å². The van der Waals surface area contributed by atoms with Crippen LogP contribution in [-0.4, -0.2) is 43.8 Å². The number of rotatable bonds is 3. The highest BCUT2D eigenvalue weighted by molar-refractivity contribution is 5.89. The van der Waals surface area contributed by atoms with Crippen molar-refractivity contribution in [1.29, 1.82) is 0 Å². The Kier molecular flexibility index (Phi) is 4.73. The van der Waals surface area contributed by atoms with Gasteiger partial charge in [-0.05, 0) is 56.1 Å². The fourth-order valence-electron chi connectivity index (χ4n) is 5.86. The molecule has 0 aromatic heterocycles. The van der Waals surface area contributed by atoms with Crippen LogP contribution in [0.15, 0.2) is 42.5 Å². The van der Waals surface area contributed by atoms with E-state index in [9.17, 15) is 4.79 Å². The molecule has 5 nitrogen and oxygen atoms in total. The van der Waals surface area contributed by atoms with Crippen molar-refractivity contribution in [3.05, 3.63) is 59.2 Å². The first-order valence-corrected chi connectivity index (χ1v) is 10.8. The van der Waals surface area contributed by atoms with E-state index in [4.69, 9.17) is 14.2 Å². The Morgan fingerprint density at radius 1 is 1.17 bits per heavy atom. The summed E-state index contributed by atoms with van der Waals surface area (Å²) < 4.78 is 18.2. The maximum absolute atomic E-state index is 12.7. The average molecular weight is 408 g/mol. The van der Waals surface area contributed by atoms with Gasteiger partial charge in [0.15, 0.2) is 11.5 Å². The minimum Gasteiger partial charge on any atom is -0.493 e. The molecule has 0 saturated heterocycles. The van der Waals surface area contributed by atoms with Gasteiger partial charge in [0.2, 0.25) is 0 Å². The maximum atomic E-state index is 12.7. The van der Waals surface area contributed by atoms with Crippen LogP contribution < -0.4 is 9.47 Å². The van der Waals surface area contributed by atoms with Gasteiger partial charge in [-0.25, -0.2) is 4.79 Å². The van der Waals surface area contributed by atoms with Crippen LogP contribution in [0.1, 0.15) is 47.7 Å². The Balaban J connectivity index is 1.48. The second-order valence-electron chi connectivity index (χ2n) is 9.03. The third kappa shape index (κ3) is 2.90. The summed E-state index contributed by atoms with van der Waals surface area (Å²) in [5, 5.41) is 0. The van der Waals surface area contributed by atoms with E-state index in [1.165, 1.54) is 11.1 Å². The lowest BCUT2D eigenvalue weighted by molar-refractivity contribution is -0.0378. The fraction of sp³-hybridized carbons (Fsp3) is 0.480. The zero-order valence-corrected chi connectivity index (χ0v) is 17.9. The quantitative estimate of drug-likeness (QED) is 0.714. The molecule has 2 aromatic carbocycles. The van der Waals surface area contributed by atoms with Gasteiger partial charge in [-0.3, -0.25) is 0 Å². The summed E-state index contributed by atoms with van der Waals surface area (Å²) in [7, 11) is 3.88. The predicted molar refractivity (Wildman–Crippen MR) is 114 cm³/mol. The molecule has 4 atom stereocenters. The molecular weight excluding hydrogens is 378 g/mol. The lowest BCUT2D eigenvalue weighted by atomic mass is 9.59. The molecule has 2 aromatic rings. The van der Waals surface area contributed by atoms with Crippen molar-refractivity contribution in [3.63, 3.8) is 0 Å². The Bertz CT molecular complexity index is 959. The van der Waals surface area contributed by atoms with Gasteiger partial charge in [-0.1, -0.05) is 31.2 Å². The summed E-state index contributed by atoms with van der Waals surface area (Å²) >= 11 is 0. The van der Waals surface area contributed by atoms with Crippen LogP contribution in [0.3, 0.4) is 0 Å². The Hall–Kier alpha value is -2.53. The number of hydrogen-bond acceptors (Lipinski definition) is 5. The SMILES string of the molecule is COc1ccc2c3c1OC1C[C@@H](OC(=O)c4ccccc4)CC(C)[C@@]31CCN(C)C2. The summed E-state index contributed by atoms with van der Waals surface area (Å²) in [6.07, 6.45) is 2.45. The predicted octanol–water partition coefficient (Wildman–Crippen LogP) is 4.19. The van der Waals surface area contributed by atoms with E-state index in [2.05, 4.69) is 24.9 Å². The number of methoxy groups -OCH3 is 1. The summed E-state index contributed by atoms with van der Waals surface area (Å²) in [5.74, 6) is 1.79. The number of ether oxygens (including phenoxy) is 3. The van der Waals surface area contributed by atoms with E-state index in [0.717, 1.165) is 37.4 Å². The smallest absolute Gasteiger partial charge is 0.338 e. The third-order valence-electron chi connectivity index (χ3n) is 7.33. The van der Waals surface area contributed by atoms with Gasteiger partial charge in [-0.2, -0.15) is 0 Å². The average Bonchev–Trinajstić information content (AvgIpc) is 3.00. The maximum Gasteiger partial charge on any atom is 0.338 e. The van der Waals surface area contributed by atoms with Crippen LogP contribution in [0.5, 0.6) is 11.5 Å².